The summed E-state index contributed by atoms with van der Waals surface area (Å²) in [5, 5.41) is 2.98. The minimum Gasteiger partial charge on any atom is -0.491 e. The van der Waals surface area contributed by atoms with Gasteiger partial charge >= 0.3 is 0 Å². The first-order valence-corrected chi connectivity index (χ1v) is 9.31. The summed E-state index contributed by atoms with van der Waals surface area (Å²) in [6.45, 7) is 6.53. The number of ether oxygens (including phenoxy) is 1. The highest BCUT2D eigenvalue weighted by molar-refractivity contribution is 7.99. The molecule has 0 saturated carbocycles. The van der Waals surface area contributed by atoms with Crippen molar-refractivity contribution in [3.05, 3.63) is 65.2 Å². The van der Waals surface area contributed by atoms with Gasteiger partial charge in [0, 0.05) is 5.75 Å². The smallest absolute Gasteiger partial charge is 0.230 e. The van der Waals surface area contributed by atoms with Crippen LogP contribution in [0.2, 0.25) is 0 Å². The molecule has 3 nitrogen and oxygen atoms in total. The predicted molar refractivity (Wildman–Crippen MR) is 102 cm³/mol. The van der Waals surface area contributed by atoms with Crippen LogP contribution in [0.5, 0.6) is 5.75 Å². The number of carbonyl (C=O) groups is 1. The average molecular weight is 343 g/mol. The summed E-state index contributed by atoms with van der Waals surface area (Å²) >= 11 is 1.63. The van der Waals surface area contributed by atoms with Gasteiger partial charge in [0.05, 0.1) is 11.8 Å². The average Bonchev–Trinajstić information content (AvgIpc) is 2.54. The van der Waals surface area contributed by atoms with Gasteiger partial charge in [-0.25, -0.2) is 0 Å². The highest BCUT2D eigenvalue weighted by Crippen LogP contribution is 2.16. The number of carbonyl (C=O) groups excluding carboxylic acids is 1. The highest BCUT2D eigenvalue weighted by atomic mass is 32.2. The Kier molecular flexibility index (Phi) is 7.19. The molecular formula is C20H25NO2S. The van der Waals surface area contributed by atoms with E-state index in [0.717, 1.165) is 17.1 Å². The maximum Gasteiger partial charge on any atom is 0.230 e. The van der Waals surface area contributed by atoms with Crippen LogP contribution in [0.4, 0.5) is 0 Å². The summed E-state index contributed by atoms with van der Waals surface area (Å²) in [5.41, 5.74) is 3.60. The van der Waals surface area contributed by atoms with Crippen molar-refractivity contribution in [3.63, 3.8) is 0 Å². The molecule has 128 valence electrons. The zero-order chi connectivity index (χ0) is 17.4. The van der Waals surface area contributed by atoms with E-state index in [-0.39, 0.29) is 11.9 Å². The number of hydrogen-bond donors (Lipinski definition) is 1. The van der Waals surface area contributed by atoms with Gasteiger partial charge in [0.2, 0.25) is 5.91 Å². The van der Waals surface area contributed by atoms with E-state index < -0.39 is 0 Å². The molecule has 1 atom stereocenters. The van der Waals surface area contributed by atoms with E-state index in [1.807, 2.05) is 38.1 Å². The standard InChI is InChI=1S/C20H25NO2S/c1-15-7-6-9-18(11-15)13-24-14-20(22)21-17(3)12-23-19-10-5-4-8-16(19)2/h4-11,17H,12-14H2,1-3H3,(H,21,22)/t17-/m0/s1. The molecule has 0 unspecified atom stereocenters. The molecule has 0 spiro atoms. The van der Waals surface area contributed by atoms with Crippen LogP contribution < -0.4 is 10.1 Å². The molecular weight excluding hydrogens is 318 g/mol. The van der Waals surface area contributed by atoms with E-state index >= 15 is 0 Å². The molecule has 0 heterocycles. The summed E-state index contributed by atoms with van der Waals surface area (Å²) in [5.74, 6) is 2.23. The molecule has 24 heavy (non-hydrogen) atoms. The molecule has 0 aromatic heterocycles. The number of thioether (sulfide) groups is 1. The van der Waals surface area contributed by atoms with Crippen LogP contribution in [0, 0.1) is 13.8 Å². The second-order valence-electron chi connectivity index (χ2n) is 6.03. The Balaban J connectivity index is 1.67. The second-order valence-corrected chi connectivity index (χ2v) is 7.01. The molecule has 0 bridgehead atoms. The van der Waals surface area contributed by atoms with Gasteiger partial charge in [-0.15, -0.1) is 11.8 Å². The Bertz CT molecular complexity index is 672. The highest BCUT2D eigenvalue weighted by Gasteiger charge is 2.09. The predicted octanol–water partition coefficient (Wildman–Crippen LogP) is 4.12. The van der Waals surface area contributed by atoms with Crippen molar-refractivity contribution >= 4 is 17.7 Å². The lowest BCUT2D eigenvalue weighted by atomic mass is 10.2. The molecule has 0 radical (unpaired) electrons. The summed E-state index contributed by atoms with van der Waals surface area (Å²) in [7, 11) is 0. The third-order valence-electron chi connectivity index (χ3n) is 3.57. The normalized spacial score (nSPS) is 11.8. The molecule has 0 saturated heterocycles. The van der Waals surface area contributed by atoms with Crippen molar-refractivity contribution in [2.24, 2.45) is 0 Å². The first-order chi connectivity index (χ1) is 11.5. The van der Waals surface area contributed by atoms with Gasteiger partial charge in [0.25, 0.3) is 0 Å². The summed E-state index contributed by atoms with van der Waals surface area (Å²) in [6.07, 6.45) is 0. The van der Waals surface area contributed by atoms with Gasteiger partial charge in [-0.2, -0.15) is 0 Å². The topological polar surface area (TPSA) is 38.3 Å². The summed E-state index contributed by atoms with van der Waals surface area (Å²) in [4.78, 5) is 12.0. The molecule has 1 N–H and O–H groups in total. The molecule has 0 aliphatic heterocycles. The van der Waals surface area contributed by atoms with Crippen LogP contribution in [-0.4, -0.2) is 24.3 Å². The van der Waals surface area contributed by atoms with Gasteiger partial charge in [-0.05, 0) is 38.0 Å². The fourth-order valence-electron chi connectivity index (χ4n) is 2.35. The van der Waals surface area contributed by atoms with Crippen molar-refractivity contribution in [2.45, 2.75) is 32.6 Å². The lowest BCUT2D eigenvalue weighted by Crippen LogP contribution is -2.37. The van der Waals surface area contributed by atoms with E-state index in [1.54, 1.807) is 11.8 Å². The molecule has 2 aromatic rings. The Morgan fingerprint density at radius 1 is 1.17 bits per heavy atom. The fourth-order valence-corrected chi connectivity index (χ4v) is 3.14. The van der Waals surface area contributed by atoms with Gasteiger partial charge < -0.3 is 10.1 Å². The number of hydrogen-bond acceptors (Lipinski definition) is 3. The third-order valence-corrected chi connectivity index (χ3v) is 4.58. The van der Waals surface area contributed by atoms with Crippen LogP contribution in [0.3, 0.4) is 0 Å². The number of para-hydroxylation sites is 1. The zero-order valence-electron chi connectivity index (χ0n) is 14.5. The van der Waals surface area contributed by atoms with Gasteiger partial charge in [0.15, 0.2) is 0 Å². The maximum absolute atomic E-state index is 12.0. The fraction of sp³-hybridized carbons (Fsp3) is 0.350. The molecule has 2 rings (SSSR count). The van der Waals surface area contributed by atoms with Crippen molar-refractivity contribution < 1.29 is 9.53 Å². The van der Waals surface area contributed by atoms with Crippen LogP contribution in [0.15, 0.2) is 48.5 Å². The minimum absolute atomic E-state index is 0.0170. The lowest BCUT2D eigenvalue weighted by molar-refractivity contribution is -0.119. The van der Waals surface area contributed by atoms with Crippen LogP contribution >= 0.6 is 11.8 Å². The number of rotatable bonds is 8. The maximum atomic E-state index is 12.0. The molecule has 0 aliphatic carbocycles. The van der Waals surface area contributed by atoms with E-state index in [0.29, 0.717) is 12.4 Å². The van der Waals surface area contributed by atoms with Gasteiger partial charge in [0.1, 0.15) is 12.4 Å². The zero-order valence-corrected chi connectivity index (χ0v) is 15.4. The Morgan fingerprint density at radius 2 is 1.96 bits per heavy atom. The minimum atomic E-state index is -0.0170. The van der Waals surface area contributed by atoms with E-state index in [2.05, 4.69) is 36.5 Å². The van der Waals surface area contributed by atoms with Crippen LogP contribution in [0.25, 0.3) is 0 Å². The molecule has 0 aliphatic rings. The first kappa shape index (κ1) is 18.4. The molecule has 0 fully saturated rings. The van der Waals surface area contributed by atoms with Crippen molar-refractivity contribution in [1.29, 1.82) is 0 Å². The molecule has 1 amide bonds. The van der Waals surface area contributed by atoms with E-state index in [1.165, 1.54) is 11.1 Å². The summed E-state index contributed by atoms with van der Waals surface area (Å²) < 4.78 is 5.76. The van der Waals surface area contributed by atoms with Gasteiger partial charge in [-0.1, -0.05) is 48.0 Å². The summed E-state index contributed by atoms with van der Waals surface area (Å²) in [6, 6.07) is 16.3. The first-order valence-electron chi connectivity index (χ1n) is 8.15. The second kappa shape index (κ2) is 9.38. The monoisotopic (exact) mass is 343 g/mol. The lowest BCUT2D eigenvalue weighted by Gasteiger charge is -2.16. The van der Waals surface area contributed by atoms with Crippen LogP contribution in [0.1, 0.15) is 23.6 Å². The largest absolute Gasteiger partial charge is 0.491 e. The Morgan fingerprint density at radius 3 is 2.71 bits per heavy atom. The van der Waals surface area contributed by atoms with Crippen molar-refractivity contribution in [1.82, 2.24) is 5.32 Å². The number of amides is 1. The van der Waals surface area contributed by atoms with Crippen LogP contribution in [-0.2, 0) is 10.5 Å². The quantitative estimate of drug-likeness (QED) is 0.783. The van der Waals surface area contributed by atoms with Gasteiger partial charge in [-0.3, -0.25) is 4.79 Å². The van der Waals surface area contributed by atoms with E-state index in [4.69, 9.17) is 4.74 Å². The SMILES string of the molecule is Cc1cccc(CSCC(=O)N[C@@H](C)COc2ccccc2C)c1. The van der Waals surface area contributed by atoms with Crippen molar-refractivity contribution in [3.8, 4) is 5.75 Å². The Hall–Kier alpha value is -1.94. The third kappa shape index (κ3) is 6.28. The van der Waals surface area contributed by atoms with Crippen molar-refractivity contribution in [2.75, 3.05) is 12.4 Å². The number of aryl methyl sites for hydroxylation is 2. The number of benzene rings is 2. The molecule has 4 heteroatoms. The Labute approximate surface area is 148 Å². The number of nitrogens with one attached hydrogen (secondary N) is 1. The van der Waals surface area contributed by atoms with E-state index in [9.17, 15) is 4.79 Å². The molecule has 2 aromatic carbocycles.